The van der Waals surface area contributed by atoms with E-state index in [4.69, 9.17) is 17.5 Å². The average molecular weight is 301 g/mol. The molecule has 0 saturated carbocycles. The van der Waals surface area contributed by atoms with Crippen molar-refractivity contribution < 1.29 is 8.78 Å². The molecule has 0 bridgehead atoms. The molecule has 0 fully saturated rings. The zero-order chi connectivity index (χ0) is 15.1. The molecule has 104 valence electrons. The van der Waals surface area contributed by atoms with Crippen LogP contribution in [-0.2, 0) is 0 Å². The Balaban J connectivity index is 2.46. The van der Waals surface area contributed by atoms with Crippen LogP contribution >= 0.6 is 12.2 Å². The minimum atomic E-state index is -0.971. The van der Waals surface area contributed by atoms with Gasteiger partial charge in [-0.05, 0) is 49.0 Å². The first kappa shape index (κ1) is 13.5. The predicted octanol–water partition coefficient (Wildman–Crippen LogP) is 4.15. The molecule has 0 radical (unpaired) electrons. The predicted molar refractivity (Wildman–Crippen MR) is 77.8 cm³/mol. The van der Waals surface area contributed by atoms with E-state index in [1.807, 2.05) is 13.0 Å². The Bertz CT molecular complexity index is 963. The number of aromatic amines is 1. The Morgan fingerprint density at radius 3 is 2.71 bits per heavy atom. The monoisotopic (exact) mass is 301 g/mol. The maximum Gasteiger partial charge on any atom is 0.184 e. The average Bonchev–Trinajstić information content (AvgIpc) is 2.81. The summed E-state index contributed by atoms with van der Waals surface area (Å²) in [4.78, 5) is 2.85. The molecule has 0 saturated heterocycles. The largest absolute Gasteiger partial charge is 0.330 e. The van der Waals surface area contributed by atoms with Gasteiger partial charge in [-0.25, -0.2) is 8.78 Å². The molecule has 1 N–H and O–H groups in total. The second kappa shape index (κ2) is 4.79. The van der Waals surface area contributed by atoms with Crippen LogP contribution in [0.2, 0.25) is 0 Å². The van der Waals surface area contributed by atoms with Gasteiger partial charge in [0.05, 0.1) is 22.8 Å². The molecule has 0 aliphatic carbocycles. The first-order valence-corrected chi connectivity index (χ1v) is 6.53. The summed E-state index contributed by atoms with van der Waals surface area (Å²) in [6.07, 6.45) is 0. The topological polar surface area (TPSA) is 44.5 Å². The fourth-order valence-corrected chi connectivity index (χ4v) is 2.58. The lowest BCUT2D eigenvalue weighted by atomic mass is 10.1. The number of halogens is 2. The van der Waals surface area contributed by atoms with E-state index < -0.39 is 11.6 Å². The molecule has 6 heteroatoms. The highest BCUT2D eigenvalue weighted by molar-refractivity contribution is 7.71. The molecule has 2 aromatic carbocycles. The number of hydrogen-bond donors (Lipinski definition) is 1. The molecule has 21 heavy (non-hydrogen) atoms. The number of benzene rings is 2. The molecule has 1 heterocycles. The van der Waals surface area contributed by atoms with Crippen LogP contribution in [0.25, 0.3) is 16.7 Å². The van der Waals surface area contributed by atoms with Crippen LogP contribution in [0.5, 0.6) is 0 Å². The van der Waals surface area contributed by atoms with E-state index in [2.05, 4.69) is 4.98 Å². The number of H-pyrrole nitrogens is 1. The SMILES string of the molecule is Cc1ccc(C#N)cc1-n1c(=S)[nH]c2ccc(F)c(F)c21. The minimum absolute atomic E-state index is 0.0400. The van der Waals surface area contributed by atoms with E-state index in [-0.39, 0.29) is 10.3 Å². The number of imidazole rings is 1. The number of nitrogens with zero attached hydrogens (tertiary/aromatic N) is 2. The second-order valence-corrected chi connectivity index (χ2v) is 5.02. The van der Waals surface area contributed by atoms with Gasteiger partial charge in [-0.3, -0.25) is 4.57 Å². The number of aromatic nitrogens is 2. The molecule has 3 rings (SSSR count). The van der Waals surface area contributed by atoms with Crippen molar-refractivity contribution in [3.8, 4) is 11.8 Å². The Kier molecular flexibility index (Phi) is 3.07. The number of rotatable bonds is 1. The third kappa shape index (κ3) is 2.03. The van der Waals surface area contributed by atoms with Gasteiger partial charge in [0.25, 0.3) is 0 Å². The summed E-state index contributed by atoms with van der Waals surface area (Å²) in [5.41, 5.74) is 2.21. The quantitative estimate of drug-likeness (QED) is 0.686. The third-order valence-electron chi connectivity index (χ3n) is 3.32. The Morgan fingerprint density at radius 2 is 2.00 bits per heavy atom. The highest BCUT2D eigenvalue weighted by Crippen LogP contribution is 2.26. The molecule has 3 nitrogen and oxygen atoms in total. The Morgan fingerprint density at radius 1 is 1.24 bits per heavy atom. The summed E-state index contributed by atoms with van der Waals surface area (Å²) in [6, 6.07) is 9.51. The highest BCUT2D eigenvalue weighted by atomic mass is 32.1. The summed E-state index contributed by atoms with van der Waals surface area (Å²) in [5.74, 6) is -1.92. The number of fused-ring (bicyclic) bond motifs is 1. The maximum absolute atomic E-state index is 14.1. The zero-order valence-corrected chi connectivity index (χ0v) is 11.8. The summed E-state index contributed by atoms with van der Waals surface area (Å²) in [7, 11) is 0. The fraction of sp³-hybridized carbons (Fsp3) is 0.0667. The molecule has 0 spiro atoms. The van der Waals surface area contributed by atoms with Gasteiger partial charge in [0.1, 0.15) is 5.52 Å². The van der Waals surface area contributed by atoms with Crippen molar-refractivity contribution in [3.63, 3.8) is 0 Å². The molecule has 0 unspecified atom stereocenters. The van der Waals surface area contributed by atoms with Crippen LogP contribution in [0, 0.1) is 34.7 Å². The van der Waals surface area contributed by atoms with Gasteiger partial charge < -0.3 is 4.98 Å². The van der Waals surface area contributed by atoms with Crippen LogP contribution in [0.15, 0.2) is 30.3 Å². The number of hydrogen-bond acceptors (Lipinski definition) is 2. The van der Waals surface area contributed by atoms with Crippen LogP contribution in [0.4, 0.5) is 8.78 Å². The third-order valence-corrected chi connectivity index (χ3v) is 3.60. The highest BCUT2D eigenvalue weighted by Gasteiger charge is 2.16. The minimum Gasteiger partial charge on any atom is -0.330 e. The van der Waals surface area contributed by atoms with Gasteiger partial charge in [0.2, 0.25) is 0 Å². The lowest BCUT2D eigenvalue weighted by molar-refractivity contribution is 0.514. The first-order chi connectivity index (χ1) is 10.0. The van der Waals surface area contributed by atoms with Crippen molar-refractivity contribution in [2.75, 3.05) is 0 Å². The molecule has 1 aromatic heterocycles. The molecule has 0 aliphatic rings. The van der Waals surface area contributed by atoms with Crippen LogP contribution in [0.3, 0.4) is 0 Å². The molecule has 0 atom stereocenters. The Hall–Kier alpha value is -2.52. The standard InChI is InChI=1S/C15H9F2N3S/c1-8-2-3-9(7-18)6-12(8)20-14-11(19-15(20)21)5-4-10(16)13(14)17/h2-6H,1H3,(H,19,21). The first-order valence-electron chi connectivity index (χ1n) is 6.13. The van der Waals surface area contributed by atoms with Crippen LogP contribution in [-0.4, -0.2) is 9.55 Å². The number of nitriles is 1. The lowest BCUT2D eigenvalue weighted by Gasteiger charge is -2.09. The molecule has 0 amide bonds. The van der Waals surface area contributed by atoms with E-state index >= 15 is 0 Å². The van der Waals surface area contributed by atoms with E-state index in [1.165, 1.54) is 10.6 Å². The summed E-state index contributed by atoms with van der Waals surface area (Å²) in [6.45, 7) is 1.81. The van der Waals surface area contributed by atoms with Gasteiger partial charge in [0.15, 0.2) is 16.4 Å². The van der Waals surface area contributed by atoms with Gasteiger partial charge in [-0.1, -0.05) is 6.07 Å². The van der Waals surface area contributed by atoms with Crippen LogP contribution < -0.4 is 0 Å². The molecule has 0 aliphatic heterocycles. The molecular formula is C15H9F2N3S. The molecule has 3 aromatic rings. The normalized spacial score (nSPS) is 10.8. The maximum atomic E-state index is 14.1. The van der Waals surface area contributed by atoms with Crippen molar-refractivity contribution >= 4 is 23.3 Å². The Labute approximate surface area is 124 Å². The van der Waals surface area contributed by atoms with E-state index in [1.54, 1.807) is 18.2 Å². The van der Waals surface area contributed by atoms with Crippen LogP contribution in [0.1, 0.15) is 11.1 Å². The van der Waals surface area contributed by atoms with Crippen molar-refractivity contribution in [1.29, 1.82) is 5.26 Å². The second-order valence-electron chi connectivity index (χ2n) is 4.64. The lowest BCUT2D eigenvalue weighted by Crippen LogP contribution is -2.00. The van der Waals surface area contributed by atoms with Crippen molar-refractivity contribution in [1.82, 2.24) is 9.55 Å². The molecular weight excluding hydrogens is 292 g/mol. The summed E-state index contributed by atoms with van der Waals surface area (Å²) < 4.78 is 29.3. The summed E-state index contributed by atoms with van der Waals surface area (Å²) in [5, 5.41) is 9.00. The smallest absolute Gasteiger partial charge is 0.184 e. The number of aryl methyl sites for hydroxylation is 1. The van der Waals surface area contributed by atoms with Gasteiger partial charge in [0, 0.05) is 0 Å². The summed E-state index contributed by atoms with van der Waals surface area (Å²) >= 11 is 5.21. The van der Waals surface area contributed by atoms with Gasteiger partial charge in [-0.15, -0.1) is 0 Å². The number of nitrogens with one attached hydrogen (secondary N) is 1. The van der Waals surface area contributed by atoms with E-state index in [0.29, 0.717) is 16.8 Å². The van der Waals surface area contributed by atoms with E-state index in [0.717, 1.165) is 11.6 Å². The van der Waals surface area contributed by atoms with Crippen molar-refractivity contribution in [2.45, 2.75) is 6.92 Å². The van der Waals surface area contributed by atoms with E-state index in [9.17, 15) is 8.78 Å². The van der Waals surface area contributed by atoms with Gasteiger partial charge >= 0.3 is 0 Å². The fourth-order valence-electron chi connectivity index (χ4n) is 2.28. The van der Waals surface area contributed by atoms with Crippen molar-refractivity contribution in [2.24, 2.45) is 0 Å². The van der Waals surface area contributed by atoms with Crippen molar-refractivity contribution in [3.05, 3.63) is 57.9 Å². The van der Waals surface area contributed by atoms with Gasteiger partial charge in [-0.2, -0.15) is 5.26 Å². The zero-order valence-electron chi connectivity index (χ0n) is 10.9.